The van der Waals surface area contributed by atoms with E-state index in [1.807, 2.05) is 12.1 Å². The van der Waals surface area contributed by atoms with E-state index >= 15 is 0 Å². The highest BCUT2D eigenvalue weighted by Crippen LogP contribution is 2.33. The molecule has 5 nitrogen and oxygen atoms in total. The van der Waals surface area contributed by atoms with Crippen LogP contribution >= 0.6 is 11.6 Å². The normalized spacial score (nSPS) is 16.4. The Kier molecular flexibility index (Phi) is 3.77. The predicted molar refractivity (Wildman–Crippen MR) is 68.6 cm³/mol. The average molecular weight is 296 g/mol. The molecule has 1 atom stereocenters. The molecule has 0 aliphatic heterocycles. The van der Waals surface area contributed by atoms with E-state index in [1.54, 1.807) is 0 Å². The van der Waals surface area contributed by atoms with Gasteiger partial charge in [-0.15, -0.1) is 0 Å². The standard InChI is InChI=1S/C12H10ClN3O2S/c13-10-5-8(6-14)1-4-12(10)19(17,18)16-11(7-15)9-2-3-9/h1,4-5,9,11,16H,2-3H2/t11-/m0/s1. The minimum Gasteiger partial charge on any atom is -0.207 e. The molecule has 1 aliphatic carbocycles. The van der Waals surface area contributed by atoms with Gasteiger partial charge in [0.2, 0.25) is 10.0 Å². The molecule has 98 valence electrons. The summed E-state index contributed by atoms with van der Waals surface area (Å²) < 4.78 is 26.6. The van der Waals surface area contributed by atoms with Crippen molar-refractivity contribution >= 4 is 21.6 Å². The zero-order valence-corrected chi connectivity index (χ0v) is 11.4. The van der Waals surface area contributed by atoms with Crippen LogP contribution in [0, 0.1) is 28.6 Å². The van der Waals surface area contributed by atoms with E-state index in [4.69, 9.17) is 22.1 Å². The first kappa shape index (κ1) is 13.8. The molecule has 1 saturated carbocycles. The Bertz CT molecular complexity index is 684. The average Bonchev–Trinajstić information content (AvgIpc) is 3.19. The summed E-state index contributed by atoms with van der Waals surface area (Å²) in [5.41, 5.74) is 0.281. The van der Waals surface area contributed by atoms with E-state index in [-0.39, 0.29) is 21.4 Å². The van der Waals surface area contributed by atoms with Gasteiger partial charge in [-0.3, -0.25) is 0 Å². The van der Waals surface area contributed by atoms with E-state index in [0.29, 0.717) is 0 Å². The van der Waals surface area contributed by atoms with Crippen molar-refractivity contribution in [2.75, 3.05) is 0 Å². The summed E-state index contributed by atoms with van der Waals surface area (Å²) >= 11 is 5.86. The van der Waals surface area contributed by atoms with Crippen molar-refractivity contribution in [3.05, 3.63) is 28.8 Å². The Morgan fingerprint density at radius 1 is 1.37 bits per heavy atom. The lowest BCUT2D eigenvalue weighted by Crippen LogP contribution is -2.35. The summed E-state index contributed by atoms with van der Waals surface area (Å²) in [5, 5.41) is 17.6. The van der Waals surface area contributed by atoms with Gasteiger partial charge in [-0.1, -0.05) is 11.6 Å². The predicted octanol–water partition coefficient (Wildman–Crippen LogP) is 1.79. The lowest BCUT2D eigenvalue weighted by molar-refractivity contribution is 0.560. The second kappa shape index (κ2) is 5.18. The van der Waals surface area contributed by atoms with Crippen molar-refractivity contribution in [2.45, 2.75) is 23.8 Å². The highest BCUT2D eigenvalue weighted by Gasteiger charge is 2.34. The van der Waals surface area contributed by atoms with E-state index in [1.165, 1.54) is 18.2 Å². The van der Waals surface area contributed by atoms with Crippen LogP contribution in [0.15, 0.2) is 23.1 Å². The molecule has 0 heterocycles. The van der Waals surface area contributed by atoms with E-state index in [0.717, 1.165) is 12.8 Å². The molecule has 1 fully saturated rings. The van der Waals surface area contributed by atoms with Crippen LogP contribution in [-0.4, -0.2) is 14.5 Å². The van der Waals surface area contributed by atoms with Crippen molar-refractivity contribution in [2.24, 2.45) is 5.92 Å². The SMILES string of the molecule is N#Cc1ccc(S(=O)(=O)N[C@@H](C#N)C2CC2)c(Cl)c1. The van der Waals surface area contributed by atoms with Crippen LogP contribution in [0.5, 0.6) is 0 Å². The van der Waals surface area contributed by atoms with Gasteiger partial charge in [-0.2, -0.15) is 15.2 Å². The summed E-state index contributed by atoms with van der Waals surface area (Å²) in [7, 11) is -3.85. The van der Waals surface area contributed by atoms with Crippen molar-refractivity contribution < 1.29 is 8.42 Å². The Morgan fingerprint density at radius 3 is 2.53 bits per heavy atom. The summed E-state index contributed by atoms with van der Waals surface area (Å²) in [6.07, 6.45) is 1.70. The number of nitrogens with zero attached hydrogens (tertiary/aromatic N) is 2. The largest absolute Gasteiger partial charge is 0.243 e. The number of nitrogens with one attached hydrogen (secondary N) is 1. The molecule has 19 heavy (non-hydrogen) atoms. The topological polar surface area (TPSA) is 93.8 Å². The Morgan fingerprint density at radius 2 is 2.05 bits per heavy atom. The molecular weight excluding hydrogens is 286 g/mol. The van der Waals surface area contributed by atoms with Crippen LogP contribution in [0.1, 0.15) is 18.4 Å². The Hall–Kier alpha value is -1.60. The van der Waals surface area contributed by atoms with Crippen LogP contribution in [0.4, 0.5) is 0 Å². The minimum absolute atomic E-state index is 0.0287. The number of rotatable bonds is 4. The van der Waals surface area contributed by atoms with Gasteiger partial charge in [-0.25, -0.2) is 8.42 Å². The third kappa shape index (κ3) is 3.05. The number of sulfonamides is 1. The van der Waals surface area contributed by atoms with E-state index < -0.39 is 16.1 Å². The first-order valence-electron chi connectivity index (χ1n) is 5.59. The fourth-order valence-electron chi connectivity index (χ4n) is 1.68. The Labute approximate surface area is 116 Å². The highest BCUT2D eigenvalue weighted by atomic mass is 35.5. The van der Waals surface area contributed by atoms with Crippen LogP contribution in [-0.2, 0) is 10.0 Å². The van der Waals surface area contributed by atoms with Gasteiger partial charge >= 0.3 is 0 Å². The second-order valence-corrected chi connectivity index (χ2v) is 6.41. The molecule has 1 N–H and O–H groups in total. The van der Waals surface area contributed by atoms with Gasteiger partial charge in [0.25, 0.3) is 0 Å². The monoisotopic (exact) mass is 295 g/mol. The lowest BCUT2D eigenvalue weighted by Gasteiger charge is -2.12. The van der Waals surface area contributed by atoms with Crippen molar-refractivity contribution in [3.8, 4) is 12.1 Å². The van der Waals surface area contributed by atoms with Crippen LogP contribution in [0.25, 0.3) is 0 Å². The maximum atomic E-state index is 12.1. The number of hydrogen-bond acceptors (Lipinski definition) is 4. The highest BCUT2D eigenvalue weighted by molar-refractivity contribution is 7.89. The third-order valence-corrected chi connectivity index (χ3v) is 4.79. The lowest BCUT2D eigenvalue weighted by atomic mass is 10.2. The van der Waals surface area contributed by atoms with E-state index in [9.17, 15) is 8.42 Å². The molecule has 0 spiro atoms. The molecule has 7 heteroatoms. The van der Waals surface area contributed by atoms with Crippen LogP contribution in [0.3, 0.4) is 0 Å². The maximum absolute atomic E-state index is 12.1. The molecule has 1 aromatic carbocycles. The van der Waals surface area contributed by atoms with Gasteiger partial charge < -0.3 is 0 Å². The number of benzene rings is 1. The fraction of sp³-hybridized carbons (Fsp3) is 0.333. The van der Waals surface area contributed by atoms with Crippen LogP contribution in [0.2, 0.25) is 5.02 Å². The molecule has 0 radical (unpaired) electrons. The molecule has 1 aromatic rings. The first-order chi connectivity index (χ1) is 8.97. The van der Waals surface area contributed by atoms with Gasteiger partial charge in [0.1, 0.15) is 10.9 Å². The van der Waals surface area contributed by atoms with Gasteiger partial charge in [0.05, 0.1) is 22.7 Å². The maximum Gasteiger partial charge on any atom is 0.243 e. The van der Waals surface area contributed by atoms with Crippen molar-refractivity contribution in [1.82, 2.24) is 4.72 Å². The van der Waals surface area contributed by atoms with Gasteiger partial charge in [0.15, 0.2) is 0 Å². The molecule has 0 saturated heterocycles. The molecule has 0 unspecified atom stereocenters. The molecule has 1 aliphatic rings. The van der Waals surface area contributed by atoms with Crippen molar-refractivity contribution in [1.29, 1.82) is 10.5 Å². The Balaban J connectivity index is 2.29. The molecule has 0 aromatic heterocycles. The van der Waals surface area contributed by atoms with Gasteiger partial charge in [0, 0.05) is 0 Å². The minimum atomic E-state index is -3.85. The fourth-order valence-corrected chi connectivity index (χ4v) is 3.43. The second-order valence-electron chi connectivity index (χ2n) is 4.32. The quantitative estimate of drug-likeness (QED) is 0.916. The molecule has 2 rings (SSSR count). The summed E-state index contributed by atoms with van der Waals surface area (Å²) in [6.45, 7) is 0. The first-order valence-corrected chi connectivity index (χ1v) is 7.45. The van der Waals surface area contributed by atoms with Gasteiger partial charge in [-0.05, 0) is 37.0 Å². The third-order valence-electron chi connectivity index (χ3n) is 2.87. The van der Waals surface area contributed by atoms with Crippen molar-refractivity contribution in [3.63, 3.8) is 0 Å². The molecule has 0 amide bonds. The summed E-state index contributed by atoms with van der Waals surface area (Å²) in [4.78, 5) is -0.117. The van der Waals surface area contributed by atoms with E-state index in [2.05, 4.69) is 4.72 Å². The number of hydrogen-bond donors (Lipinski definition) is 1. The molecular formula is C12H10ClN3O2S. The molecule has 0 bridgehead atoms. The van der Waals surface area contributed by atoms with Crippen LogP contribution < -0.4 is 4.72 Å². The number of nitriles is 2. The summed E-state index contributed by atoms with van der Waals surface area (Å²) in [6, 6.07) is 7.02. The zero-order chi connectivity index (χ0) is 14.0. The smallest absolute Gasteiger partial charge is 0.207 e. The zero-order valence-electron chi connectivity index (χ0n) is 9.80. The number of halogens is 1. The summed E-state index contributed by atoms with van der Waals surface area (Å²) in [5.74, 6) is 0.0805.